The van der Waals surface area contributed by atoms with E-state index in [-0.39, 0.29) is 6.10 Å². The first-order valence-electron chi connectivity index (χ1n) is 3.69. The summed E-state index contributed by atoms with van der Waals surface area (Å²) in [6.07, 6.45) is 5.51. The van der Waals surface area contributed by atoms with Crippen LogP contribution in [0.15, 0.2) is 18.7 Å². The fourth-order valence-electron chi connectivity index (χ4n) is 0.778. The van der Waals surface area contributed by atoms with Crippen molar-refractivity contribution < 1.29 is 4.74 Å². The van der Waals surface area contributed by atoms with Crippen molar-refractivity contribution in [1.29, 1.82) is 0 Å². The molecule has 3 nitrogen and oxygen atoms in total. The monoisotopic (exact) mass is 153 g/mol. The summed E-state index contributed by atoms with van der Waals surface area (Å²) in [7, 11) is 0. The molecule has 0 fully saturated rings. The summed E-state index contributed by atoms with van der Waals surface area (Å²) in [5.74, 6) is 0. The summed E-state index contributed by atoms with van der Waals surface area (Å²) >= 11 is 0. The zero-order valence-electron chi connectivity index (χ0n) is 6.73. The van der Waals surface area contributed by atoms with Crippen molar-refractivity contribution in [3.05, 3.63) is 25.6 Å². The van der Waals surface area contributed by atoms with Gasteiger partial charge in [-0.3, -0.25) is 0 Å². The maximum Gasteiger partial charge on any atom is 0.0946 e. The standard InChI is InChI=1S/C8H13N2O/c1-8(2)11-6-5-10-4-3-9-7-10/h3-4,7-8H,1,5-6H2,2H3. The van der Waals surface area contributed by atoms with E-state index in [1.165, 1.54) is 0 Å². The van der Waals surface area contributed by atoms with Gasteiger partial charge in [-0.1, -0.05) is 0 Å². The Balaban J connectivity index is 2.14. The lowest BCUT2D eigenvalue weighted by atomic mass is 10.5. The Kier molecular flexibility index (Phi) is 3.11. The fourth-order valence-corrected chi connectivity index (χ4v) is 0.778. The minimum Gasteiger partial charge on any atom is -0.377 e. The molecule has 0 amide bonds. The molecule has 61 valence electrons. The Hall–Kier alpha value is -0.830. The lowest BCUT2D eigenvalue weighted by Gasteiger charge is -2.06. The van der Waals surface area contributed by atoms with Crippen molar-refractivity contribution in [3.63, 3.8) is 0 Å². The number of imidazole rings is 1. The lowest BCUT2D eigenvalue weighted by Crippen LogP contribution is -2.09. The number of rotatable bonds is 4. The molecule has 1 aromatic heterocycles. The number of nitrogens with zero attached hydrogens (tertiary/aromatic N) is 2. The lowest BCUT2D eigenvalue weighted by molar-refractivity contribution is 0.0890. The summed E-state index contributed by atoms with van der Waals surface area (Å²) < 4.78 is 7.23. The van der Waals surface area contributed by atoms with E-state index in [1.807, 2.05) is 17.7 Å². The van der Waals surface area contributed by atoms with Gasteiger partial charge in [-0.05, 0) is 13.8 Å². The van der Waals surface area contributed by atoms with Crippen molar-refractivity contribution in [1.82, 2.24) is 9.55 Å². The summed E-state index contributed by atoms with van der Waals surface area (Å²) in [6.45, 7) is 7.18. The normalized spacial score (nSPS) is 10.8. The van der Waals surface area contributed by atoms with Gasteiger partial charge in [0.1, 0.15) is 0 Å². The van der Waals surface area contributed by atoms with Gasteiger partial charge >= 0.3 is 0 Å². The van der Waals surface area contributed by atoms with Gasteiger partial charge < -0.3 is 9.30 Å². The Morgan fingerprint density at radius 2 is 2.55 bits per heavy atom. The predicted octanol–water partition coefficient (Wildman–Crippen LogP) is 1.12. The quantitative estimate of drug-likeness (QED) is 0.648. The van der Waals surface area contributed by atoms with Gasteiger partial charge in [-0.15, -0.1) is 0 Å². The highest BCUT2D eigenvalue weighted by molar-refractivity contribution is 4.73. The second-order valence-electron chi connectivity index (χ2n) is 2.48. The summed E-state index contributed by atoms with van der Waals surface area (Å²) in [4.78, 5) is 3.91. The molecule has 1 heterocycles. The van der Waals surface area contributed by atoms with Crippen LogP contribution in [-0.4, -0.2) is 22.3 Å². The third kappa shape index (κ3) is 3.18. The van der Waals surface area contributed by atoms with Crippen LogP contribution >= 0.6 is 0 Å². The minimum absolute atomic E-state index is 0.0681. The van der Waals surface area contributed by atoms with Crippen molar-refractivity contribution in [2.45, 2.75) is 19.6 Å². The molecule has 0 bridgehead atoms. The van der Waals surface area contributed by atoms with Crippen molar-refractivity contribution >= 4 is 0 Å². The van der Waals surface area contributed by atoms with Gasteiger partial charge in [-0.2, -0.15) is 0 Å². The minimum atomic E-state index is 0.0681. The van der Waals surface area contributed by atoms with Crippen LogP contribution in [-0.2, 0) is 11.3 Å². The zero-order valence-corrected chi connectivity index (χ0v) is 6.73. The number of ether oxygens (including phenoxy) is 1. The highest BCUT2D eigenvalue weighted by Gasteiger charge is 1.92. The van der Waals surface area contributed by atoms with Crippen LogP contribution in [0.25, 0.3) is 0 Å². The fraction of sp³-hybridized carbons (Fsp3) is 0.500. The molecule has 3 heteroatoms. The van der Waals surface area contributed by atoms with Crippen molar-refractivity contribution in [2.24, 2.45) is 0 Å². The molecule has 0 aliphatic heterocycles. The van der Waals surface area contributed by atoms with Crippen LogP contribution in [0.3, 0.4) is 0 Å². The van der Waals surface area contributed by atoms with Crippen LogP contribution in [0.4, 0.5) is 0 Å². The first kappa shape index (κ1) is 8.27. The van der Waals surface area contributed by atoms with Crippen LogP contribution in [0.2, 0.25) is 0 Å². The molecule has 1 aromatic rings. The second-order valence-corrected chi connectivity index (χ2v) is 2.48. The molecule has 11 heavy (non-hydrogen) atoms. The van der Waals surface area contributed by atoms with Gasteiger partial charge in [0.05, 0.1) is 19.0 Å². The largest absolute Gasteiger partial charge is 0.377 e. The number of hydrogen-bond donors (Lipinski definition) is 0. The average molecular weight is 153 g/mol. The molecular formula is C8H13N2O. The van der Waals surface area contributed by atoms with E-state index in [2.05, 4.69) is 11.9 Å². The van der Waals surface area contributed by atoms with Gasteiger partial charge in [0.2, 0.25) is 0 Å². The smallest absolute Gasteiger partial charge is 0.0946 e. The first-order valence-corrected chi connectivity index (χ1v) is 3.69. The number of aromatic nitrogens is 2. The SMILES string of the molecule is [CH2]C(C)OCCn1ccnc1. The maximum absolute atomic E-state index is 5.26. The van der Waals surface area contributed by atoms with E-state index in [0.29, 0.717) is 6.61 Å². The van der Waals surface area contributed by atoms with E-state index in [0.717, 1.165) is 6.54 Å². The van der Waals surface area contributed by atoms with Crippen LogP contribution < -0.4 is 0 Å². The topological polar surface area (TPSA) is 27.1 Å². The van der Waals surface area contributed by atoms with Crippen LogP contribution in [0.5, 0.6) is 0 Å². The van der Waals surface area contributed by atoms with Crippen LogP contribution in [0, 0.1) is 6.92 Å². The molecule has 1 unspecified atom stereocenters. The van der Waals surface area contributed by atoms with Gasteiger partial charge in [0.15, 0.2) is 0 Å². The molecule has 0 saturated carbocycles. The zero-order chi connectivity index (χ0) is 8.10. The molecular weight excluding hydrogens is 140 g/mol. The first-order chi connectivity index (χ1) is 5.29. The van der Waals surface area contributed by atoms with Crippen molar-refractivity contribution in [3.8, 4) is 0 Å². The Morgan fingerprint density at radius 3 is 3.09 bits per heavy atom. The van der Waals surface area contributed by atoms with Crippen molar-refractivity contribution in [2.75, 3.05) is 6.61 Å². The predicted molar refractivity (Wildman–Crippen MR) is 43.0 cm³/mol. The highest BCUT2D eigenvalue weighted by atomic mass is 16.5. The van der Waals surface area contributed by atoms with E-state index in [1.54, 1.807) is 12.5 Å². The average Bonchev–Trinajstić information content (AvgIpc) is 2.39. The molecule has 1 atom stereocenters. The molecule has 1 rings (SSSR count). The second kappa shape index (κ2) is 4.13. The highest BCUT2D eigenvalue weighted by Crippen LogP contribution is 1.90. The molecule has 0 aliphatic rings. The van der Waals surface area contributed by atoms with E-state index in [4.69, 9.17) is 4.74 Å². The third-order valence-corrected chi connectivity index (χ3v) is 1.31. The van der Waals surface area contributed by atoms with Gasteiger partial charge in [0.25, 0.3) is 0 Å². The molecule has 0 aliphatic carbocycles. The maximum atomic E-state index is 5.26. The summed E-state index contributed by atoms with van der Waals surface area (Å²) in [6, 6.07) is 0. The van der Waals surface area contributed by atoms with E-state index < -0.39 is 0 Å². The van der Waals surface area contributed by atoms with Gasteiger partial charge in [0, 0.05) is 18.9 Å². The summed E-state index contributed by atoms with van der Waals surface area (Å²) in [5, 5.41) is 0. The van der Waals surface area contributed by atoms with E-state index in [9.17, 15) is 0 Å². The third-order valence-electron chi connectivity index (χ3n) is 1.31. The van der Waals surface area contributed by atoms with E-state index >= 15 is 0 Å². The van der Waals surface area contributed by atoms with Gasteiger partial charge in [-0.25, -0.2) is 4.98 Å². The summed E-state index contributed by atoms with van der Waals surface area (Å²) in [5.41, 5.74) is 0. The Morgan fingerprint density at radius 1 is 1.73 bits per heavy atom. The Labute approximate surface area is 67.0 Å². The molecule has 0 spiro atoms. The molecule has 0 aromatic carbocycles. The number of hydrogen-bond acceptors (Lipinski definition) is 2. The Bertz CT molecular complexity index is 182. The molecule has 0 saturated heterocycles. The molecule has 1 radical (unpaired) electrons. The van der Waals surface area contributed by atoms with Crippen LogP contribution in [0.1, 0.15) is 6.92 Å². The molecule has 0 N–H and O–H groups in total.